The van der Waals surface area contributed by atoms with Crippen molar-refractivity contribution in [2.75, 3.05) is 13.1 Å². The van der Waals surface area contributed by atoms with E-state index in [0.717, 1.165) is 14.8 Å². The second-order valence-electron chi connectivity index (χ2n) is 10.5. The first-order valence-corrected chi connectivity index (χ1v) is 15.6. The molecule has 6 heteroatoms. The molecule has 2 rings (SSSR count). The molecule has 0 aromatic carbocycles. The van der Waals surface area contributed by atoms with Crippen LogP contribution in [-0.2, 0) is 4.74 Å². The molecule has 1 aromatic rings. The molecule has 1 fully saturated rings. The van der Waals surface area contributed by atoms with Crippen LogP contribution in [0.15, 0.2) is 17.8 Å². The predicted octanol–water partition coefficient (Wildman–Crippen LogP) is 6.91. The summed E-state index contributed by atoms with van der Waals surface area (Å²) in [5.74, 6) is -0.131. The number of nitrogens with zero attached hydrogens (tertiary/aromatic N) is 2. The van der Waals surface area contributed by atoms with E-state index in [-0.39, 0.29) is 11.9 Å². The number of hydrogen-bond acceptors (Lipinski definition) is 3. The summed E-state index contributed by atoms with van der Waals surface area (Å²) in [4.78, 5) is 18.4. The van der Waals surface area contributed by atoms with Crippen molar-refractivity contribution in [2.45, 2.75) is 108 Å². The van der Waals surface area contributed by atoms with Gasteiger partial charge in [0.05, 0.1) is 0 Å². The molecular formula is C27H43FN2O2Sn. The van der Waals surface area contributed by atoms with Crippen LogP contribution in [0.2, 0.25) is 3.43 Å². The van der Waals surface area contributed by atoms with E-state index >= 15 is 4.39 Å². The summed E-state index contributed by atoms with van der Waals surface area (Å²) in [6, 6.07) is 1.65. The first-order valence-electron chi connectivity index (χ1n) is 12.7. The van der Waals surface area contributed by atoms with Gasteiger partial charge in [-0.05, 0) is 0 Å². The molecule has 2 radical (unpaired) electrons. The van der Waals surface area contributed by atoms with Crippen LogP contribution in [0.3, 0.4) is 0 Å². The molecule has 1 aliphatic rings. The first-order chi connectivity index (χ1) is 15.6. The van der Waals surface area contributed by atoms with Gasteiger partial charge in [0.1, 0.15) is 0 Å². The number of unbranched alkanes of at least 4 members (excludes halogenated alkanes) is 3. The second-order valence-corrected chi connectivity index (χ2v) is 15.5. The van der Waals surface area contributed by atoms with Crippen LogP contribution in [0.5, 0.6) is 0 Å². The Kier molecular flexibility index (Phi) is 11.2. The first kappa shape index (κ1) is 28.1. The van der Waals surface area contributed by atoms with Gasteiger partial charge in [0.25, 0.3) is 0 Å². The number of pyridine rings is 1. The molecule has 1 aromatic heterocycles. The third-order valence-electron chi connectivity index (χ3n) is 6.08. The van der Waals surface area contributed by atoms with Gasteiger partial charge < -0.3 is 0 Å². The number of rotatable bonds is 12. The summed E-state index contributed by atoms with van der Waals surface area (Å²) in [5.41, 5.74) is 1.39. The molecule has 0 bridgehead atoms. The number of carbonyl (C=O) groups is 1. The van der Waals surface area contributed by atoms with E-state index in [0.29, 0.717) is 16.5 Å². The maximum absolute atomic E-state index is 15.2. The van der Waals surface area contributed by atoms with Crippen molar-refractivity contribution in [3.63, 3.8) is 0 Å². The second kappa shape index (κ2) is 13.1. The number of carbonyl (C=O) groups excluding carboxylic acids is 1. The Balaban J connectivity index is 2.08. The van der Waals surface area contributed by atoms with Gasteiger partial charge in [-0.15, -0.1) is 0 Å². The topological polar surface area (TPSA) is 42.4 Å². The molecular weight excluding hydrogens is 522 g/mol. The normalized spacial score (nSPS) is 14.3. The van der Waals surface area contributed by atoms with Gasteiger partial charge in [-0.2, -0.15) is 0 Å². The van der Waals surface area contributed by atoms with Crippen LogP contribution in [0, 0.1) is 5.82 Å². The summed E-state index contributed by atoms with van der Waals surface area (Å²) < 4.78 is 21.7. The van der Waals surface area contributed by atoms with E-state index < -0.39 is 26.7 Å². The number of halogens is 1. The third kappa shape index (κ3) is 9.22. The standard InChI is InChI=1S/C14H16FN2O2.C13H27.Sn/c1-14(2,3)19-13(18)17-8-11(9-17)4-10-5-12(15)7-16-6-10;1-4-7-10-13(11-8-5-2)12-9-6-3;/h4-6H,8-9H2,1-3H3;4-12H2,1-3H3;. The summed E-state index contributed by atoms with van der Waals surface area (Å²) in [6.45, 7) is 13.4. The number of likely N-dealkylation sites (tertiary alicyclic amines) is 1. The predicted molar refractivity (Wildman–Crippen MR) is 137 cm³/mol. The molecule has 0 aliphatic carbocycles. The van der Waals surface area contributed by atoms with E-state index in [1.165, 1.54) is 57.8 Å². The minimum atomic E-state index is -1.19. The molecule has 1 amide bonds. The van der Waals surface area contributed by atoms with Crippen molar-refractivity contribution in [1.29, 1.82) is 0 Å². The van der Waals surface area contributed by atoms with Crippen molar-refractivity contribution >= 4 is 37.0 Å². The van der Waals surface area contributed by atoms with Crippen LogP contribution >= 0.6 is 0 Å². The van der Waals surface area contributed by atoms with Crippen molar-refractivity contribution < 1.29 is 13.9 Å². The van der Waals surface area contributed by atoms with Gasteiger partial charge >= 0.3 is 211 Å². The average molecular weight is 565 g/mol. The molecule has 0 atom stereocenters. The van der Waals surface area contributed by atoms with Crippen LogP contribution < -0.4 is 3.71 Å². The minimum absolute atomic E-state index is 0.131. The molecule has 33 heavy (non-hydrogen) atoms. The Hall–Kier alpha value is -1.11. The van der Waals surface area contributed by atoms with E-state index in [4.69, 9.17) is 4.74 Å². The van der Waals surface area contributed by atoms with E-state index in [2.05, 4.69) is 25.8 Å². The van der Waals surface area contributed by atoms with Gasteiger partial charge in [-0.3, -0.25) is 0 Å². The van der Waals surface area contributed by atoms with Crippen LogP contribution in [0.1, 0.15) is 105 Å². The molecule has 184 valence electrons. The Morgan fingerprint density at radius 3 is 2.09 bits per heavy atom. The molecule has 4 nitrogen and oxygen atoms in total. The fraction of sp³-hybridized carbons (Fsp3) is 0.704. The van der Waals surface area contributed by atoms with Crippen molar-refractivity contribution in [1.82, 2.24) is 9.88 Å². The summed E-state index contributed by atoms with van der Waals surface area (Å²) in [5, 5.41) is 0. The molecule has 0 saturated carbocycles. The van der Waals surface area contributed by atoms with Crippen LogP contribution in [-0.4, -0.2) is 55.8 Å². The summed E-state index contributed by atoms with van der Waals surface area (Å²) in [7, 11) is 0. The van der Waals surface area contributed by atoms with Gasteiger partial charge in [-0.1, -0.05) is 0 Å². The van der Waals surface area contributed by atoms with Crippen LogP contribution in [0.25, 0.3) is 6.08 Å². The molecule has 0 N–H and O–H groups in total. The Bertz CT molecular complexity index is 774. The quantitative estimate of drug-likeness (QED) is 0.259. The van der Waals surface area contributed by atoms with E-state index in [1.54, 1.807) is 11.0 Å². The number of hydrogen-bond donors (Lipinski definition) is 0. The van der Waals surface area contributed by atoms with Crippen molar-refractivity contribution in [2.24, 2.45) is 0 Å². The monoisotopic (exact) mass is 566 g/mol. The molecule has 1 aliphatic heterocycles. The van der Waals surface area contributed by atoms with E-state index in [9.17, 15) is 4.79 Å². The zero-order valence-corrected chi connectivity index (χ0v) is 24.5. The zero-order chi connectivity index (χ0) is 24.5. The SMILES string of the molecule is CCCC[C](CCCC)(CCCC)[Sn][c]1ncc(C=C2CN(C(=O)OC(C)(C)C)C2)cc1F. The number of ether oxygens (including phenoxy) is 1. The fourth-order valence-corrected chi connectivity index (χ4v) is 9.14. The Morgan fingerprint density at radius 2 is 1.64 bits per heavy atom. The molecule has 0 spiro atoms. The van der Waals surface area contributed by atoms with Gasteiger partial charge in [0.2, 0.25) is 0 Å². The third-order valence-corrected chi connectivity index (χ3v) is 11.5. The van der Waals surface area contributed by atoms with Gasteiger partial charge in [-0.25, -0.2) is 0 Å². The Morgan fingerprint density at radius 1 is 1.09 bits per heavy atom. The van der Waals surface area contributed by atoms with Gasteiger partial charge in [0.15, 0.2) is 0 Å². The molecule has 1 saturated heterocycles. The fourth-order valence-electron chi connectivity index (χ4n) is 4.21. The zero-order valence-electron chi connectivity index (χ0n) is 21.6. The average Bonchev–Trinajstić information content (AvgIpc) is 2.71. The number of aromatic nitrogens is 1. The number of amides is 1. The maximum atomic E-state index is 15.2. The molecule has 0 unspecified atom stereocenters. The van der Waals surface area contributed by atoms with Gasteiger partial charge in [0, 0.05) is 0 Å². The molecule has 2 heterocycles. The van der Waals surface area contributed by atoms with Crippen LogP contribution in [0.4, 0.5) is 9.18 Å². The summed E-state index contributed by atoms with van der Waals surface area (Å²) in [6.07, 6.45) is 14.4. The van der Waals surface area contributed by atoms with Crippen molar-refractivity contribution in [3.05, 3.63) is 29.2 Å². The Labute approximate surface area is 211 Å². The van der Waals surface area contributed by atoms with Crippen molar-refractivity contribution in [3.8, 4) is 0 Å². The summed E-state index contributed by atoms with van der Waals surface area (Å²) >= 11 is -1.19. The van der Waals surface area contributed by atoms with E-state index in [1.807, 2.05) is 33.0 Å².